The molecule has 1 aliphatic heterocycles. The van der Waals surface area contributed by atoms with Gasteiger partial charge in [-0.3, -0.25) is 0 Å². The number of amidine groups is 1. The number of pyridine rings is 1. The van der Waals surface area contributed by atoms with Gasteiger partial charge in [0.2, 0.25) is 0 Å². The lowest BCUT2D eigenvalue weighted by Gasteiger charge is -2.33. The van der Waals surface area contributed by atoms with Crippen LogP contribution in [0.25, 0.3) is 0 Å². The molecule has 2 heterocycles. The molecule has 0 bridgehead atoms. The standard InChI is InChI=1S/C13H19ClN4O2/c1-2-20-9-4-7-18(8-5-9)13-11(14)10(3-6-16-13)12(15)17-19/h3,6,9,19H,2,4-5,7-8H2,1H3,(H2,15,17). The van der Waals surface area contributed by atoms with Gasteiger partial charge in [-0.1, -0.05) is 16.8 Å². The Morgan fingerprint density at radius 2 is 2.30 bits per heavy atom. The number of nitrogens with zero attached hydrogens (tertiary/aromatic N) is 3. The van der Waals surface area contributed by atoms with Crippen molar-refractivity contribution in [2.24, 2.45) is 10.9 Å². The van der Waals surface area contributed by atoms with Gasteiger partial charge in [0.1, 0.15) is 5.82 Å². The SMILES string of the molecule is CCOC1CCN(c2nccc(/C(N)=N/O)c2Cl)CC1. The lowest BCUT2D eigenvalue weighted by atomic mass is 10.1. The van der Waals surface area contributed by atoms with Gasteiger partial charge >= 0.3 is 0 Å². The summed E-state index contributed by atoms with van der Waals surface area (Å²) in [4.78, 5) is 6.41. The van der Waals surface area contributed by atoms with E-state index in [-0.39, 0.29) is 5.84 Å². The van der Waals surface area contributed by atoms with Gasteiger partial charge in [0, 0.05) is 31.5 Å². The summed E-state index contributed by atoms with van der Waals surface area (Å²) in [5.41, 5.74) is 6.10. The molecule has 1 saturated heterocycles. The maximum Gasteiger partial charge on any atom is 0.171 e. The topological polar surface area (TPSA) is 84.0 Å². The van der Waals surface area contributed by atoms with Crippen LogP contribution in [0.15, 0.2) is 17.4 Å². The van der Waals surface area contributed by atoms with Crippen LogP contribution in [0, 0.1) is 0 Å². The van der Waals surface area contributed by atoms with E-state index in [2.05, 4.69) is 15.0 Å². The number of hydrogen-bond donors (Lipinski definition) is 2. The van der Waals surface area contributed by atoms with Crippen molar-refractivity contribution in [3.8, 4) is 0 Å². The summed E-state index contributed by atoms with van der Waals surface area (Å²) >= 11 is 6.31. The Morgan fingerprint density at radius 1 is 1.60 bits per heavy atom. The minimum Gasteiger partial charge on any atom is -0.409 e. The van der Waals surface area contributed by atoms with Crippen LogP contribution in [-0.4, -0.2) is 41.8 Å². The molecule has 0 spiro atoms. The highest BCUT2D eigenvalue weighted by molar-refractivity contribution is 6.36. The number of nitrogens with two attached hydrogens (primary N) is 1. The second-order valence-corrected chi connectivity index (χ2v) is 5.00. The Hall–Kier alpha value is -1.53. The fourth-order valence-corrected chi connectivity index (χ4v) is 2.70. The second kappa shape index (κ2) is 6.76. The Kier molecular flexibility index (Phi) is 5.03. The van der Waals surface area contributed by atoms with Crippen LogP contribution in [0.4, 0.5) is 5.82 Å². The van der Waals surface area contributed by atoms with Crippen molar-refractivity contribution in [2.75, 3.05) is 24.6 Å². The first-order valence-corrected chi connectivity index (χ1v) is 7.04. The normalized spacial score (nSPS) is 17.5. The van der Waals surface area contributed by atoms with E-state index >= 15 is 0 Å². The molecule has 0 aliphatic carbocycles. The van der Waals surface area contributed by atoms with Crippen LogP contribution >= 0.6 is 11.6 Å². The molecule has 1 aliphatic rings. The summed E-state index contributed by atoms with van der Waals surface area (Å²) in [7, 11) is 0. The molecule has 0 unspecified atom stereocenters. The first-order chi connectivity index (χ1) is 9.67. The predicted octanol–water partition coefficient (Wildman–Crippen LogP) is 1.83. The van der Waals surface area contributed by atoms with E-state index in [1.165, 1.54) is 0 Å². The molecule has 3 N–H and O–H groups in total. The molecule has 0 aromatic carbocycles. The first-order valence-electron chi connectivity index (χ1n) is 6.66. The summed E-state index contributed by atoms with van der Waals surface area (Å²) < 4.78 is 5.62. The van der Waals surface area contributed by atoms with E-state index < -0.39 is 0 Å². The average Bonchev–Trinajstić information content (AvgIpc) is 2.48. The van der Waals surface area contributed by atoms with E-state index in [9.17, 15) is 0 Å². The van der Waals surface area contributed by atoms with Crippen molar-refractivity contribution in [3.63, 3.8) is 0 Å². The molecule has 7 heteroatoms. The van der Waals surface area contributed by atoms with E-state index in [1.54, 1.807) is 12.3 Å². The van der Waals surface area contributed by atoms with Gasteiger partial charge in [-0.2, -0.15) is 0 Å². The third kappa shape index (κ3) is 3.13. The molecule has 6 nitrogen and oxygen atoms in total. The van der Waals surface area contributed by atoms with Crippen LogP contribution < -0.4 is 10.6 Å². The fraction of sp³-hybridized carbons (Fsp3) is 0.538. The maximum absolute atomic E-state index is 8.76. The lowest BCUT2D eigenvalue weighted by molar-refractivity contribution is 0.0458. The summed E-state index contributed by atoms with van der Waals surface area (Å²) in [6.07, 6.45) is 3.81. The van der Waals surface area contributed by atoms with Gasteiger partial charge in [-0.15, -0.1) is 0 Å². The molecule has 0 atom stereocenters. The number of piperidine rings is 1. The lowest BCUT2D eigenvalue weighted by Crippen LogP contribution is -2.37. The van der Waals surface area contributed by atoms with E-state index in [1.807, 2.05) is 6.92 Å². The van der Waals surface area contributed by atoms with Crippen molar-refractivity contribution >= 4 is 23.3 Å². The average molecular weight is 299 g/mol. The summed E-state index contributed by atoms with van der Waals surface area (Å²) in [6.45, 7) is 4.40. The Labute approximate surface area is 123 Å². The summed E-state index contributed by atoms with van der Waals surface area (Å²) in [6, 6.07) is 1.63. The number of aromatic nitrogens is 1. The number of hydrogen-bond acceptors (Lipinski definition) is 5. The smallest absolute Gasteiger partial charge is 0.171 e. The van der Waals surface area contributed by atoms with Gasteiger partial charge < -0.3 is 20.6 Å². The molecule has 0 radical (unpaired) electrons. The minimum absolute atomic E-state index is 0.0112. The van der Waals surface area contributed by atoms with E-state index in [0.29, 0.717) is 22.5 Å². The minimum atomic E-state index is -0.0112. The maximum atomic E-state index is 8.76. The predicted molar refractivity (Wildman–Crippen MR) is 78.6 cm³/mol. The Bertz CT molecular complexity index is 487. The van der Waals surface area contributed by atoms with Gasteiger partial charge in [0.15, 0.2) is 5.84 Å². The third-order valence-corrected chi connectivity index (χ3v) is 3.77. The molecule has 2 rings (SSSR count). The van der Waals surface area contributed by atoms with Crippen LogP contribution in [0.1, 0.15) is 25.3 Å². The fourth-order valence-electron chi connectivity index (χ4n) is 2.37. The zero-order chi connectivity index (χ0) is 14.5. The molecule has 110 valence electrons. The van der Waals surface area contributed by atoms with Crippen LogP contribution in [-0.2, 0) is 4.74 Å². The molecule has 20 heavy (non-hydrogen) atoms. The number of ether oxygens (including phenoxy) is 1. The number of rotatable bonds is 4. The Morgan fingerprint density at radius 3 is 2.90 bits per heavy atom. The quantitative estimate of drug-likeness (QED) is 0.383. The Balaban J connectivity index is 2.14. The highest BCUT2D eigenvalue weighted by Gasteiger charge is 2.23. The van der Waals surface area contributed by atoms with Crippen LogP contribution in [0.3, 0.4) is 0 Å². The number of oxime groups is 1. The monoisotopic (exact) mass is 298 g/mol. The molecular formula is C13H19ClN4O2. The second-order valence-electron chi connectivity index (χ2n) is 4.62. The van der Waals surface area contributed by atoms with Gasteiger partial charge in [0.25, 0.3) is 0 Å². The highest BCUT2D eigenvalue weighted by Crippen LogP contribution is 2.29. The molecule has 0 amide bonds. The summed E-state index contributed by atoms with van der Waals surface area (Å²) in [5, 5.41) is 12.2. The van der Waals surface area contributed by atoms with Gasteiger partial charge in [-0.05, 0) is 25.8 Å². The zero-order valence-corrected chi connectivity index (χ0v) is 12.2. The molecule has 1 fully saturated rings. The number of halogens is 1. The zero-order valence-electron chi connectivity index (χ0n) is 11.4. The highest BCUT2D eigenvalue weighted by atomic mass is 35.5. The number of anilines is 1. The van der Waals surface area contributed by atoms with Crippen molar-refractivity contribution in [3.05, 3.63) is 22.8 Å². The van der Waals surface area contributed by atoms with E-state index in [0.717, 1.165) is 32.5 Å². The van der Waals surface area contributed by atoms with Gasteiger partial charge in [-0.25, -0.2) is 4.98 Å². The molecule has 1 aromatic heterocycles. The molecule has 0 saturated carbocycles. The molecule has 1 aromatic rings. The largest absolute Gasteiger partial charge is 0.409 e. The van der Waals surface area contributed by atoms with Crippen molar-refractivity contribution < 1.29 is 9.94 Å². The van der Waals surface area contributed by atoms with Crippen molar-refractivity contribution in [1.82, 2.24) is 4.98 Å². The van der Waals surface area contributed by atoms with Gasteiger partial charge in [0.05, 0.1) is 11.1 Å². The van der Waals surface area contributed by atoms with E-state index in [4.69, 9.17) is 27.3 Å². The first kappa shape index (κ1) is 14.9. The van der Waals surface area contributed by atoms with Crippen LogP contribution in [0.2, 0.25) is 5.02 Å². The molecular weight excluding hydrogens is 280 g/mol. The van der Waals surface area contributed by atoms with Crippen molar-refractivity contribution in [1.29, 1.82) is 0 Å². The van der Waals surface area contributed by atoms with Crippen molar-refractivity contribution in [2.45, 2.75) is 25.9 Å². The summed E-state index contributed by atoms with van der Waals surface area (Å²) in [5.74, 6) is 0.661. The third-order valence-electron chi connectivity index (χ3n) is 3.40. The van der Waals surface area contributed by atoms with Crippen LogP contribution in [0.5, 0.6) is 0 Å².